The highest BCUT2D eigenvalue weighted by atomic mass is 35.5. The van der Waals surface area contributed by atoms with Crippen molar-refractivity contribution in [1.29, 1.82) is 0 Å². The van der Waals surface area contributed by atoms with Crippen LogP contribution in [0, 0.1) is 0 Å². The van der Waals surface area contributed by atoms with E-state index in [1.54, 1.807) is 29.2 Å². The molecular formula is C21H19ClN2O5S. The molecule has 1 N–H and O–H groups in total. The van der Waals surface area contributed by atoms with Crippen LogP contribution < -0.4 is 9.46 Å². The predicted octanol–water partition coefficient (Wildman–Crippen LogP) is 3.94. The normalized spacial score (nSPS) is 13.6. The molecule has 4 rings (SSSR count). The van der Waals surface area contributed by atoms with Crippen LogP contribution in [0.1, 0.15) is 21.7 Å². The largest absolute Gasteiger partial charge is 0.495 e. The second kappa shape index (κ2) is 8.04. The first kappa shape index (κ1) is 20.3. The van der Waals surface area contributed by atoms with Crippen LogP contribution in [0.2, 0.25) is 5.02 Å². The summed E-state index contributed by atoms with van der Waals surface area (Å²) in [5, 5.41) is 0.206. The van der Waals surface area contributed by atoms with Gasteiger partial charge in [0.05, 0.1) is 23.3 Å². The van der Waals surface area contributed by atoms with Crippen molar-refractivity contribution in [3.8, 4) is 5.75 Å². The molecule has 156 valence electrons. The zero-order valence-corrected chi connectivity index (χ0v) is 17.7. The monoisotopic (exact) mass is 446 g/mol. The van der Waals surface area contributed by atoms with Gasteiger partial charge in [-0.1, -0.05) is 17.7 Å². The number of methoxy groups -OCH3 is 1. The number of carbonyl (C=O) groups excluding carboxylic acids is 1. The fourth-order valence-electron chi connectivity index (χ4n) is 3.38. The Morgan fingerprint density at radius 2 is 2.00 bits per heavy atom. The lowest BCUT2D eigenvalue weighted by atomic mass is 9.99. The summed E-state index contributed by atoms with van der Waals surface area (Å²) in [6, 6.07) is 12.9. The summed E-state index contributed by atoms with van der Waals surface area (Å²) in [4.78, 5) is 14.3. The highest BCUT2D eigenvalue weighted by molar-refractivity contribution is 7.92. The Kier molecular flexibility index (Phi) is 5.44. The smallest absolute Gasteiger partial charge is 0.289 e. The van der Waals surface area contributed by atoms with Gasteiger partial charge in [0.15, 0.2) is 5.76 Å². The van der Waals surface area contributed by atoms with Crippen molar-refractivity contribution in [1.82, 2.24) is 4.90 Å². The molecule has 0 saturated carbocycles. The summed E-state index contributed by atoms with van der Waals surface area (Å²) in [5.74, 6) is 0.488. The van der Waals surface area contributed by atoms with Gasteiger partial charge in [0, 0.05) is 18.8 Å². The fourth-order valence-corrected chi connectivity index (χ4v) is 4.78. The third-order valence-electron chi connectivity index (χ3n) is 4.92. The molecule has 1 aromatic heterocycles. The lowest BCUT2D eigenvalue weighted by Crippen LogP contribution is -2.35. The van der Waals surface area contributed by atoms with Gasteiger partial charge >= 0.3 is 0 Å². The molecule has 0 spiro atoms. The number of ether oxygens (including phenoxy) is 1. The van der Waals surface area contributed by atoms with Crippen molar-refractivity contribution >= 4 is 33.2 Å². The summed E-state index contributed by atoms with van der Waals surface area (Å²) in [7, 11) is -2.38. The first-order chi connectivity index (χ1) is 14.4. The highest BCUT2D eigenvalue weighted by Crippen LogP contribution is 2.29. The summed E-state index contributed by atoms with van der Waals surface area (Å²) < 4.78 is 38.4. The van der Waals surface area contributed by atoms with E-state index in [-0.39, 0.29) is 21.6 Å². The minimum atomic E-state index is -3.84. The average molecular weight is 447 g/mol. The molecule has 1 aliphatic heterocycles. The topological polar surface area (TPSA) is 88.9 Å². The molecule has 1 aliphatic rings. The van der Waals surface area contributed by atoms with Gasteiger partial charge in [0.1, 0.15) is 5.75 Å². The molecule has 30 heavy (non-hydrogen) atoms. The maximum Gasteiger partial charge on any atom is 0.289 e. The van der Waals surface area contributed by atoms with Crippen molar-refractivity contribution in [2.75, 3.05) is 18.4 Å². The number of furan rings is 1. The van der Waals surface area contributed by atoms with E-state index in [1.807, 2.05) is 6.07 Å². The molecule has 9 heteroatoms. The number of carbonyl (C=O) groups is 1. The van der Waals surface area contributed by atoms with E-state index >= 15 is 0 Å². The molecule has 0 unspecified atom stereocenters. The number of amides is 1. The Hall–Kier alpha value is -2.97. The minimum Gasteiger partial charge on any atom is -0.495 e. The van der Waals surface area contributed by atoms with Crippen molar-refractivity contribution in [3.63, 3.8) is 0 Å². The van der Waals surface area contributed by atoms with Gasteiger partial charge < -0.3 is 14.1 Å². The molecule has 2 heterocycles. The molecule has 0 atom stereocenters. The zero-order chi connectivity index (χ0) is 21.3. The number of halogens is 1. The van der Waals surface area contributed by atoms with Crippen LogP contribution in [0.25, 0.3) is 0 Å². The van der Waals surface area contributed by atoms with Crippen molar-refractivity contribution in [2.24, 2.45) is 0 Å². The molecule has 0 aliphatic carbocycles. The molecule has 3 aromatic rings. The van der Waals surface area contributed by atoms with Gasteiger partial charge in [-0.15, -0.1) is 0 Å². The molecular weight excluding hydrogens is 428 g/mol. The number of sulfonamides is 1. The Morgan fingerprint density at radius 3 is 2.70 bits per heavy atom. The maximum absolute atomic E-state index is 12.8. The average Bonchev–Trinajstić information content (AvgIpc) is 3.27. The van der Waals surface area contributed by atoms with Crippen LogP contribution in [-0.2, 0) is 23.0 Å². The van der Waals surface area contributed by atoms with Crippen LogP contribution in [0.5, 0.6) is 5.75 Å². The SMILES string of the molecule is COc1ccc(S(=O)(=O)Nc2ccc3c(c2)CN(C(=O)c2ccco2)CC3)cc1Cl. The van der Waals surface area contributed by atoms with Crippen LogP contribution >= 0.6 is 11.6 Å². The zero-order valence-electron chi connectivity index (χ0n) is 16.1. The maximum atomic E-state index is 12.8. The molecule has 2 aromatic carbocycles. The van der Waals surface area contributed by atoms with E-state index in [1.165, 1.54) is 31.6 Å². The molecule has 7 nitrogen and oxygen atoms in total. The summed E-state index contributed by atoms with van der Waals surface area (Å²) in [6.45, 7) is 0.945. The lowest BCUT2D eigenvalue weighted by molar-refractivity contribution is 0.0702. The molecule has 0 bridgehead atoms. The van der Waals surface area contributed by atoms with E-state index in [0.717, 1.165) is 11.1 Å². The van der Waals surface area contributed by atoms with Crippen LogP contribution in [0.3, 0.4) is 0 Å². The van der Waals surface area contributed by atoms with E-state index in [9.17, 15) is 13.2 Å². The summed E-state index contributed by atoms with van der Waals surface area (Å²) >= 11 is 6.06. The third kappa shape index (κ3) is 4.01. The molecule has 0 radical (unpaired) electrons. The van der Waals surface area contributed by atoms with E-state index in [4.69, 9.17) is 20.8 Å². The van der Waals surface area contributed by atoms with Gasteiger partial charge in [-0.3, -0.25) is 9.52 Å². The third-order valence-corrected chi connectivity index (χ3v) is 6.60. The van der Waals surface area contributed by atoms with Gasteiger partial charge in [-0.2, -0.15) is 0 Å². The van der Waals surface area contributed by atoms with Crippen molar-refractivity contribution in [2.45, 2.75) is 17.9 Å². The van der Waals surface area contributed by atoms with Crippen molar-refractivity contribution in [3.05, 3.63) is 76.7 Å². The second-order valence-corrected chi connectivity index (χ2v) is 8.93. The number of fused-ring (bicyclic) bond motifs is 1. The quantitative estimate of drug-likeness (QED) is 0.641. The first-order valence-corrected chi connectivity index (χ1v) is 11.0. The number of hydrogen-bond acceptors (Lipinski definition) is 5. The number of nitrogens with one attached hydrogen (secondary N) is 1. The Labute approximate surface area is 179 Å². The number of benzene rings is 2. The molecule has 1 amide bonds. The number of anilines is 1. The van der Waals surface area contributed by atoms with E-state index < -0.39 is 10.0 Å². The minimum absolute atomic E-state index is 0.0284. The summed E-state index contributed by atoms with van der Waals surface area (Å²) in [6.07, 6.45) is 2.15. The van der Waals surface area contributed by atoms with Crippen LogP contribution in [-0.4, -0.2) is 32.9 Å². The highest BCUT2D eigenvalue weighted by Gasteiger charge is 2.24. The Bertz CT molecular complexity index is 1190. The number of nitrogens with zero attached hydrogens (tertiary/aromatic N) is 1. The second-order valence-electron chi connectivity index (χ2n) is 6.84. The number of rotatable bonds is 5. The van der Waals surface area contributed by atoms with Crippen LogP contribution in [0.4, 0.5) is 5.69 Å². The van der Waals surface area contributed by atoms with Gasteiger partial charge in [0.25, 0.3) is 15.9 Å². The number of hydrogen-bond donors (Lipinski definition) is 1. The molecule has 0 fully saturated rings. The van der Waals surface area contributed by atoms with Gasteiger partial charge in [0.2, 0.25) is 0 Å². The lowest BCUT2D eigenvalue weighted by Gasteiger charge is -2.28. The predicted molar refractivity (Wildman–Crippen MR) is 112 cm³/mol. The Balaban J connectivity index is 1.55. The van der Waals surface area contributed by atoms with Crippen LogP contribution in [0.15, 0.2) is 64.1 Å². The fraction of sp³-hybridized carbons (Fsp3) is 0.190. The van der Waals surface area contributed by atoms with Gasteiger partial charge in [-0.25, -0.2) is 8.42 Å². The first-order valence-electron chi connectivity index (χ1n) is 9.18. The Morgan fingerprint density at radius 1 is 1.17 bits per heavy atom. The van der Waals surface area contributed by atoms with E-state index in [2.05, 4.69) is 4.72 Å². The van der Waals surface area contributed by atoms with Crippen molar-refractivity contribution < 1.29 is 22.4 Å². The van der Waals surface area contributed by atoms with Gasteiger partial charge in [-0.05, 0) is 60.0 Å². The van der Waals surface area contributed by atoms with E-state index in [0.29, 0.717) is 30.9 Å². The standard InChI is InChI=1S/C21H19ClN2O5S/c1-28-19-7-6-17(12-18(19)22)30(26,27)23-16-5-4-14-8-9-24(13-15(14)11-16)21(25)20-3-2-10-29-20/h2-7,10-12,23H,8-9,13H2,1H3. The molecule has 0 saturated heterocycles. The summed E-state index contributed by atoms with van der Waals surface area (Å²) in [5.41, 5.74) is 2.37.